The molecule has 0 bridgehead atoms. The van der Waals surface area contributed by atoms with Gasteiger partial charge in [-0.3, -0.25) is 24.0 Å². The number of nitrogens with one attached hydrogen (secondary N) is 1. The lowest BCUT2D eigenvalue weighted by atomic mass is 10.2. The number of carboxylic acids is 2. The molecule has 0 radical (unpaired) electrons. The topological polar surface area (TPSA) is 227 Å². The summed E-state index contributed by atoms with van der Waals surface area (Å²) in [4.78, 5) is 66.1. The first-order valence-corrected chi connectivity index (χ1v) is 15.0. The maximum absolute atomic E-state index is 13.7. The molecule has 0 aliphatic rings. The number of benzene rings is 2. The zero-order chi connectivity index (χ0) is 36.5. The quantitative estimate of drug-likeness (QED) is 0.122. The van der Waals surface area contributed by atoms with Crippen LogP contribution in [0.1, 0.15) is 29.9 Å². The summed E-state index contributed by atoms with van der Waals surface area (Å²) in [7, 11) is 1.59. The van der Waals surface area contributed by atoms with E-state index in [0.29, 0.717) is 34.1 Å². The molecule has 3 heterocycles. The third-order valence-corrected chi connectivity index (χ3v) is 7.04. The van der Waals surface area contributed by atoms with Crippen LogP contribution >= 0.6 is 0 Å². The van der Waals surface area contributed by atoms with Crippen molar-refractivity contribution in [3.8, 4) is 22.9 Å². The van der Waals surface area contributed by atoms with Crippen molar-refractivity contribution in [2.75, 3.05) is 12.4 Å². The van der Waals surface area contributed by atoms with E-state index in [9.17, 15) is 14.4 Å². The van der Waals surface area contributed by atoms with Gasteiger partial charge in [0, 0.05) is 17.6 Å². The monoisotopic (exact) mass is 686 g/mol. The number of carboxylic acid groups (broad SMARTS) is 2. The molecule has 0 aliphatic carbocycles. The number of carbonyl (C=O) groups excluding carboxylic acids is 2. The van der Waals surface area contributed by atoms with Crippen LogP contribution in [0.3, 0.4) is 0 Å². The van der Waals surface area contributed by atoms with E-state index < -0.39 is 41.5 Å². The first-order chi connectivity index (χ1) is 23.8. The minimum Gasteiger partial charge on any atom is -0.497 e. The highest BCUT2D eigenvalue weighted by Crippen LogP contribution is 2.30. The van der Waals surface area contributed by atoms with E-state index in [1.54, 1.807) is 74.3 Å². The Bertz CT molecular complexity index is 2060. The second-order valence-corrected chi connectivity index (χ2v) is 10.8. The van der Waals surface area contributed by atoms with Gasteiger partial charge < -0.3 is 35.5 Å². The van der Waals surface area contributed by atoms with Gasteiger partial charge in [0.1, 0.15) is 40.8 Å². The normalized spacial score (nSPS) is 11.8. The number of amides is 1. The Morgan fingerprint density at radius 1 is 0.940 bits per heavy atom. The van der Waals surface area contributed by atoms with Crippen molar-refractivity contribution in [3.63, 3.8) is 0 Å². The number of esters is 1. The summed E-state index contributed by atoms with van der Waals surface area (Å²) >= 11 is 0. The van der Waals surface area contributed by atoms with Gasteiger partial charge in [-0.1, -0.05) is 18.2 Å². The van der Waals surface area contributed by atoms with Gasteiger partial charge in [0.05, 0.1) is 36.7 Å². The number of nitrogens with zero attached hydrogens (tertiary/aromatic N) is 4. The lowest BCUT2D eigenvalue weighted by Gasteiger charge is -2.19. The molecule has 0 aliphatic heterocycles. The Hall–Kier alpha value is -6.55. The van der Waals surface area contributed by atoms with Crippen LogP contribution in [0.25, 0.3) is 16.6 Å². The van der Waals surface area contributed by atoms with Gasteiger partial charge in [0.2, 0.25) is 0 Å². The Balaban J connectivity index is 0.000000860. The predicted octanol–water partition coefficient (Wildman–Crippen LogP) is 3.38. The lowest BCUT2D eigenvalue weighted by Crippen LogP contribution is -2.34. The second kappa shape index (κ2) is 16.0. The number of hydrogen-bond donors (Lipinski definition) is 4. The number of aliphatic carboxylic acids is 2. The molecule has 3 aromatic heterocycles. The first-order valence-electron chi connectivity index (χ1n) is 15.0. The third-order valence-electron chi connectivity index (χ3n) is 7.04. The molecule has 5 aromatic rings. The molecule has 260 valence electrons. The maximum atomic E-state index is 13.7. The fourth-order valence-corrected chi connectivity index (χ4v) is 4.68. The average Bonchev–Trinajstić information content (AvgIpc) is 3.33. The van der Waals surface area contributed by atoms with Crippen molar-refractivity contribution in [2.24, 2.45) is 5.73 Å². The molecule has 16 nitrogen and oxygen atoms in total. The fourth-order valence-electron chi connectivity index (χ4n) is 4.68. The SMILES string of the molecule is COc1ccc2c(Oc3ccc(NC(=O)c4c(C)n(C[C@@H](C)OC(=O)[C@H](C)N)n(-c5ccccc5)c4=O)nc3)ccnc2c1.O=C(O)C(=O)O. The second-order valence-electron chi connectivity index (χ2n) is 10.8. The number of anilines is 1. The van der Waals surface area contributed by atoms with E-state index in [2.05, 4.69) is 15.3 Å². The molecular formula is C34H34N6O10. The summed E-state index contributed by atoms with van der Waals surface area (Å²) in [6, 6.07) is 18.6. The molecule has 0 unspecified atom stereocenters. The zero-order valence-electron chi connectivity index (χ0n) is 27.4. The van der Waals surface area contributed by atoms with Crippen molar-refractivity contribution in [1.82, 2.24) is 19.3 Å². The third kappa shape index (κ3) is 8.67. The number of fused-ring (bicyclic) bond motifs is 1. The predicted molar refractivity (Wildman–Crippen MR) is 180 cm³/mol. The fraction of sp³-hybridized carbons (Fsp3) is 0.206. The van der Waals surface area contributed by atoms with Gasteiger partial charge in [-0.2, -0.15) is 0 Å². The van der Waals surface area contributed by atoms with E-state index in [1.807, 2.05) is 24.3 Å². The average molecular weight is 687 g/mol. The van der Waals surface area contributed by atoms with E-state index in [-0.39, 0.29) is 17.9 Å². The molecule has 5 rings (SSSR count). The van der Waals surface area contributed by atoms with Crippen LogP contribution < -0.4 is 26.1 Å². The molecule has 0 spiro atoms. The molecule has 16 heteroatoms. The van der Waals surface area contributed by atoms with Gasteiger partial charge in [-0.15, -0.1) is 0 Å². The Kier molecular flexibility index (Phi) is 11.6. The van der Waals surface area contributed by atoms with Gasteiger partial charge in [-0.05, 0) is 63.2 Å². The molecule has 0 saturated carbocycles. The van der Waals surface area contributed by atoms with Crippen LogP contribution in [0, 0.1) is 6.92 Å². The molecule has 0 saturated heterocycles. The minimum atomic E-state index is -1.82. The number of methoxy groups -OCH3 is 1. The zero-order valence-corrected chi connectivity index (χ0v) is 27.4. The summed E-state index contributed by atoms with van der Waals surface area (Å²) in [5.41, 5.74) is 6.69. The van der Waals surface area contributed by atoms with Gasteiger partial charge in [0.15, 0.2) is 0 Å². The summed E-state index contributed by atoms with van der Waals surface area (Å²) in [5.74, 6) is -2.92. The molecule has 2 aromatic carbocycles. The summed E-state index contributed by atoms with van der Waals surface area (Å²) in [6.07, 6.45) is 2.48. The van der Waals surface area contributed by atoms with Gasteiger partial charge >= 0.3 is 17.9 Å². The Morgan fingerprint density at radius 3 is 2.22 bits per heavy atom. The van der Waals surface area contributed by atoms with Crippen LogP contribution in [0.2, 0.25) is 0 Å². The van der Waals surface area contributed by atoms with E-state index in [1.165, 1.54) is 17.8 Å². The summed E-state index contributed by atoms with van der Waals surface area (Å²) in [6.45, 7) is 5.00. The summed E-state index contributed by atoms with van der Waals surface area (Å²) < 4.78 is 19.7. The summed E-state index contributed by atoms with van der Waals surface area (Å²) in [5, 5.41) is 18.3. The van der Waals surface area contributed by atoms with Crippen molar-refractivity contribution in [3.05, 3.63) is 101 Å². The van der Waals surface area contributed by atoms with Gasteiger partial charge in [-0.25, -0.2) is 19.3 Å². The molecule has 5 N–H and O–H groups in total. The highest BCUT2D eigenvalue weighted by Gasteiger charge is 2.26. The van der Waals surface area contributed by atoms with E-state index in [4.69, 9.17) is 39.7 Å². The van der Waals surface area contributed by atoms with Crippen LogP contribution in [-0.2, 0) is 25.7 Å². The highest BCUT2D eigenvalue weighted by atomic mass is 16.5. The molecule has 1 amide bonds. The number of para-hydroxylation sites is 1. The van der Waals surface area contributed by atoms with Crippen molar-refractivity contribution in [1.29, 1.82) is 0 Å². The Labute approximate surface area is 284 Å². The number of carbonyl (C=O) groups is 4. The number of hydrogen-bond acceptors (Lipinski definition) is 11. The minimum absolute atomic E-state index is 0.0691. The number of pyridine rings is 2. The van der Waals surface area contributed by atoms with Gasteiger partial charge in [0.25, 0.3) is 11.5 Å². The van der Waals surface area contributed by atoms with Crippen LogP contribution in [0.5, 0.6) is 17.2 Å². The first kappa shape index (κ1) is 36.3. The van der Waals surface area contributed by atoms with Crippen LogP contribution in [0.15, 0.2) is 83.9 Å². The number of rotatable bonds is 10. The molecular weight excluding hydrogens is 652 g/mol. The molecule has 2 atom stereocenters. The number of aromatic nitrogens is 4. The van der Waals surface area contributed by atoms with E-state index >= 15 is 0 Å². The van der Waals surface area contributed by atoms with Crippen LogP contribution in [-0.4, -0.2) is 72.6 Å². The maximum Gasteiger partial charge on any atom is 0.414 e. The number of nitrogens with two attached hydrogens (primary N) is 1. The van der Waals surface area contributed by atoms with Crippen molar-refractivity contribution < 1.29 is 43.6 Å². The molecule has 0 fully saturated rings. The van der Waals surface area contributed by atoms with Crippen LogP contribution in [0.4, 0.5) is 5.82 Å². The lowest BCUT2D eigenvalue weighted by molar-refractivity contribution is -0.159. The highest BCUT2D eigenvalue weighted by molar-refractivity contribution is 6.27. The smallest absolute Gasteiger partial charge is 0.414 e. The van der Waals surface area contributed by atoms with Crippen molar-refractivity contribution >= 4 is 40.5 Å². The van der Waals surface area contributed by atoms with Crippen molar-refractivity contribution in [2.45, 2.75) is 39.5 Å². The standard InChI is InChI=1S/C32H32N6O6.C2H2O4/c1-19(43-32(41)20(2)33)18-37-21(3)29(31(40)38(37)22-8-6-5-7-9-22)30(39)36-28-13-11-24(17-35-28)44-27-14-15-34-26-16-23(42-4)10-12-25(26)27;3-1(4)2(5)6/h5-17,19-20H,18,33H2,1-4H3,(H,35,36,39);(H,3,4)(H,5,6)/t19-,20+;/m1./s1. The Morgan fingerprint density at radius 2 is 1.62 bits per heavy atom. The number of ether oxygens (including phenoxy) is 3. The molecule has 50 heavy (non-hydrogen) atoms. The van der Waals surface area contributed by atoms with E-state index in [0.717, 1.165) is 5.39 Å². The largest absolute Gasteiger partial charge is 0.497 e.